The second-order valence-electron chi connectivity index (χ2n) is 8.12. The van der Waals surface area contributed by atoms with Crippen LogP contribution >= 0.6 is 7.82 Å². The first kappa shape index (κ1) is 25.8. The van der Waals surface area contributed by atoms with Crippen molar-refractivity contribution in [2.24, 2.45) is 0 Å². The molecule has 1 saturated heterocycles. The SMILES string of the molecule is Cc1[nH]c(/C=C2\C(=O)Nc3ccc(F)cc32)c(C)c1C(=O)NCCN1CCCC1.O=P([O-])([O-])[O-]. The number of fused-ring (bicyclic) bond motifs is 1. The predicted octanol–water partition coefficient (Wildman–Crippen LogP) is 0.264. The zero-order chi connectivity index (χ0) is 25.0. The molecular formula is C22H25FN4O6P-3. The largest absolute Gasteiger partial charge is 0.822 e. The number of carbonyl (C=O) groups is 2. The summed E-state index contributed by atoms with van der Waals surface area (Å²) in [5, 5.41) is 5.74. The third kappa shape index (κ3) is 6.62. The Morgan fingerprint density at radius 2 is 1.88 bits per heavy atom. The summed E-state index contributed by atoms with van der Waals surface area (Å²) in [4.78, 5) is 56.3. The van der Waals surface area contributed by atoms with Crippen molar-refractivity contribution >= 4 is 37.0 Å². The molecule has 0 spiro atoms. The number of benzene rings is 1. The maximum atomic E-state index is 13.7. The van der Waals surface area contributed by atoms with Crippen molar-refractivity contribution in [2.45, 2.75) is 26.7 Å². The third-order valence-corrected chi connectivity index (χ3v) is 5.67. The molecule has 0 unspecified atom stereocenters. The molecule has 1 fully saturated rings. The highest BCUT2D eigenvalue weighted by Crippen LogP contribution is 2.34. The Kier molecular flexibility index (Phi) is 8.06. The number of likely N-dealkylation sites (tertiary alicyclic amines) is 1. The Labute approximate surface area is 196 Å². The van der Waals surface area contributed by atoms with Crippen molar-refractivity contribution in [3.8, 4) is 0 Å². The molecule has 2 amide bonds. The van der Waals surface area contributed by atoms with E-state index in [9.17, 15) is 14.0 Å². The molecule has 2 aliphatic heterocycles. The quantitative estimate of drug-likeness (QED) is 0.399. The second kappa shape index (κ2) is 10.6. The van der Waals surface area contributed by atoms with Gasteiger partial charge in [0.25, 0.3) is 11.8 Å². The number of hydrogen-bond donors (Lipinski definition) is 3. The molecule has 3 heterocycles. The summed E-state index contributed by atoms with van der Waals surface area (Å²) in [7, 11) is -5.39. The minimum Gasteiger partial charge on any atom is -0.822 e. The molecule has 0 bridgehead atoms. The van der Waals surface area contributed by atoms with Crippen LogP contribution < -0.4 is 25.3 Å². The van der Waals surface area contributed by atoms with Crippen LogP contribution in [0.3, 0.4) is 0 Å². The molecule has 0 aliphatic carbocycles. The van der Waals surface area contributed by atoms with E-state index in [2.05, 4.69) is 20.5 Å². The molecule has 2 aliphatic rings. The minimum atomic E-state index is -5.39. The first-order valence-electron chi connectivity index (χ1n) is 10.7. The van der Waals surface area contributed by atoms with Gasteiger partial charge in [0.15, 0.2) is 0 Å². The number of anilines is 1. The highest BCUT2D eigenvalue weighted by molar-refractivity contribution is 7.40. The molecule has 184 valence electrons. The van der Waals surface area contributed by atoms with Crippen molar-refractivity contribution in [1.29, 1.82) is 0 Å². The van der Waals surface area contributed by atoms with Crippen LogP contribution in [0.1, 0.15) is 45.7 Å². The van der Waals surface area contributed by atoms with E-state index in [1.807, 2.05) is 13.8 Å². The Bertz CT molecular complexity index is 1160. The number of halogens is 1. The lowest BCUT2D eigenvalue weighted by Gasteiger charge is -2.36. The van der Waals surface area contributed by atoms with Crippen molar-refractivity contribution in [3.63, 3.8) is 0 Å². The van der Waals surface area contributed by atoms with E-state index in [1.165, 1.54) is 25.0 Å². The van der Waals surface area contributed by atoms with E-state index < -0.39 is 13.6 Å². The fourth-order valence-corrected chi connectivity index (χ4v) is 4.13. The van der Waals surface area contributed by atoms with E-state index in [1.54, 1.807) is 12.1 Å². The van der Waals surface area contributed by atoms with Gasteiger partial charge in [-0.2, -0.15) is 7.82 Å². The highest BCUT2D eigenvalue weighted by atomic mass is 31.2. The highest BCUT2D eigenvalue weighted by Gasteiger charge is 2.26. The van der Waals surface area contributed by atoms with Crippen LogP contribution in [-0.4, -0.2) is 47.9 Å². The van der Waals surface area contributed by atoms with Crippen LogP contribution in [0.25, 0.3) is 11.6 Å². The molecule has 4 rings (SSSR count). The van der Waals surface area contributed by atoms with Gasteiger partial charge in [0.05, 0.1) is 11.1 Å². The monoisotopic (exact) mass is 491 g/mol. The van der Waals surface area contributed by atoms with Gasteiger partial charge >= 0.3 is 0 Å². The molecule has 0 atom stereocenters. The molecule has 1 aromatic carbocycles. The summed E-state index contributed by atoms with van der Waals surface area (Å²) >= 11 is 0. The maximum absolute atomic E-state index is 13.7. The molecular weight excluding hydrogens is 466 g/mol. The summed E-state index contributed by atoms with van der Waals surface area (Å²) in [5.74, 6) is -0.806. The summed E-state index contributed by atoms with van der Waals surface area (Å²) in [5.41, 5.74) is 4.27. The van der Waals surface area contributed by atoms with Gasteiger partial charge in [-0.3, -0.25) is 9.59 Å². The number of aromatic nitrogens is 1. The second-order valence-corrected chi connectivity index (χ2v) is 9.01. The van der Waals surface area contributed by atoms with Gasteiger partial charge in [-0.05, 0) is 69.6 Å². The summed E-state index contributed by atoms with van der Waals surface area (Å²) in [6.07, 6.45) is 4.13. The number of aromatic amines is 1. The normalized spacial score (nSPS) is 16.8. The molecule has 2 aromatic rings. The average molecular weight is 491 g/mol. The Morgan fingerprint density at radius 3 is 2.53 bits per heavy atom. The first-order chi connectivity index (χ1) is 15.9. The van der Waals surface area contributed by atoms with Crippen molar-refractivity contribution in [1.82, 2.24) is 15.2 Å². The topological polar surface area (TPSA) is 163 Å². The Balaban J connectivity index is 0.000000588. The third-order valence-electron chi connectivity index (χ3n) is 5.67. The van der Waals surface area contributed by atoms with Crippen LogP contribution in [0, 0.1) is 19.7 Å². The number of nitrogens with zero attached hydrogens (tertiary/aromatic N) is 1. The number of nitrogens with one attached hydrogen (secondary N) is 3. The van der Waals surface area contributed by atoms with Crippen LogP contribution in [0.4, 0.5) is 10.1 Å². The predicted molar refractivity (Wildman–Crippen MR) is 119 cm³/mol. The van der Waals surface area contributed by atoms with E-state index in [-0.39, 0.29) is 11.8 Å². The minimum absolute atomic E-state index is 0.123. The van der Waals surface area contributed by atoms with Crippen LogP contribution in [-0.2, 0) is 9.36 Å². The van der Waals surface area contributed by atoms with E-state index in [4.69, 9.17) is 19.2 Å². The number of phosphoric acid groups is 1. The smallest absolute Gasteiger partial charge is 0.256 e. The summed E-state index contributed by atoms with van der Waals surface area (Å²) in [6, 6.07) is 4.21. The van der Waals surface area contributed by atoms with Crippen molar-refractivity contribution in [2.75, 3.05) is 31.5 Å². The number of H-pyrrole nitrogens is 1. The van der Waals surface area contributed by atoms with Gasteiger partial charge in [-0.15, -0.1) is 0 Å². The molecule has 3 N–H and O–H groups in total. The molecule has 34 heavy (non-hydrogen) atoms. The lowest BCUT2D eigenvalue weighted by atomic mass is 10.0. The van der Waals surface area contributed by atoms with Gasteiger partial charge < -0.3 is 39.8 Å². The van der Waals surface area contributed by atoms with Crippen molar-refractivity contribution < 1.29 is 33.2 Å². The standard InChI is InChI=1S/C22H25FN4O2.H3O4P/c1-13-19(12-17-16-11-15(23)5-6-18(16)26-21(17)28)25-14(2)20(13)22(29)24-7-10-27-8-3-4-9-27;1-5(2,3)4/h5-6,11-12,25H,3-4,7-10H2,1-2H3,(H,24,29)(H,26,28);(H3,1,2,3,4)/p-3/b17-12-;. The average Bonchev–Trinajstić information content (AvgIpc) is 3.41. The van der Waals surface area contributed by atoms with E-state index in [0.717, 1.165) is 30.9 Å². The van der Waals surface area contributed by atoms with Crippen LogP contribution in [0.2, 0.25) is 0 Å². The van der Waals surface area contributed by atoms with Gasteiger partial charge in [-0.25, -0.2) is 4.39 Å². The zero-order valence-electron chi connectivity index (χ0n) is 18.8. The van der Waals surface area contributed by atoms with Crippen LogP contribution in [0.5, 0.6) is 0 Å². The number of aryl methyl sites for hydroxylation is 1. The lowest BCUT2D eigenvalue weighted by molar-refractivity contribution is -0.432. The van der Waals surface area contributed by atoms with Gasteiger partial charge in [0.1, 0.15) is 5.82 Å². The van der Waals surface area contributed by atoms with Crippen LogP contribution in [0.15, 0.2) is 18.2 Å². The Hall–Kier alpha value is -2.82. The van der Waals surface area contributed by atoms with Crippen molar-refractivity contribution in [3.05, 3.63) is 52.1 Å². The van der Waals surface area contributed by atoms with E-state index in [0.29, 0.717) is 34.6 Å². The molecule has 0 saturated carbocycles. The molecule has 0 radical (unpaired) electrons. The number of rotatable bonds is 5. The number of carbonyl (C=O) groups excluding carboxylic acids is 2. The lowest BCUT2D eigenvalue weighted by Crippen LogP contribution is -2.33. The first-order valence-corrected chi connectivity index (χ1v) is 12.2. The van der Waals surface area contributed by atoms with Gasteiger partial charge in [0, 0.05) is 35.7 Å². The zero-order valence-corrected chi connectivity index (χ0v) is 19.7. The van der Waals surface area contributed by atoms with Gasteiger partial charge in [0.2, 0.25) is 0 Å². The summed E-state index contributed by atoms with van der Waals surface area (Å²) in [6.45, 7) is 7.35. The number of hydrogen-bond acceptors (Lipinski definition) is 7. The fourth-order valence-electron chi connectivity index (χ4n) is 4.13. The summed E-state index contributed by atoms with van der Waals surface area (Å²) < 4.78 is 22.2. The molecule has 12 heteroatoms. The van der Waals surface area contributed by atoms with Gasteiger partial charge in [-0.1, -0.05) is 0 Å². The molecule has 1 aromatic heterocycles. The Morgan fingerprint density at radius 1 is 1.24 bits per heavy atom. The maximum Gasteiger partial charge on any atom is 0.256 e. The number of amides is 2. The van der Waals surface area contributed by atoms with E-state index >= 15 is 0 Å². The molecule has 10 nitrogen and oxygen atoms in total. The fraction of sp³-hybridized carbons (Fsp3) is 0.364.